The van der Waals surface area contributed by atoms with Crippen LogP contribution < -0.4 is 0 Å². The topological polar surface area (TPSA) is 57.0 Å². The van der Waals surface area contributed by atoms with Gasteiger partial charge in [-0.3, -0.25) is 0 Å². The van der Waals surface area contributed by atoms with E-state index in [2.05, 4.69) is 45.9 Å². The fourth-order valence-corrected chi connectivity index (χ4v) is 2.35. The molecule has 3 aromatic rings. The number of aryl methyl sites for hydroxylation is 3. The largest absolute Gasteiger partial charge is 0.464 e. The van der Waals surface area contributed by atoms with E-state index in [-0.39, 0.29) is 5.69 Å². The fraction of sp³-hybridized carbons (Fsp3) is 0.235. The number of methoxy groups -OCH3 is 1. The van der Waals surface area contributed by atoms with E-state index in [0.717, 1.165) is 18.6 Å². The van der Waals surface area contributed by atoms with Crippen LogP contribution in [0, 0.1) is 6.92 Å². The van der Waals surface area contributed by atoms with Crippen LogP contribution in [-0.4, -0.2) is 27.6 Å². The number of fused-ring (bicyclic) bond motifs is 1. The van der Waals surface area contributed by atoms with Crippen molar-refractivity contribution in [1.82, 2.24) is 14.5 Å². The number of hydrogen-bond donors (Lipinski definition) is 0. The Morgan fingerprint density at radius 1 is 1.23 bits per heavy atom. The van der Waals surface area contributed by atoms with Crippen LogP contribution in [0.5, 0.6) is 0 Å². The molecule has 5 nitrogen and oxygen atoms in total. The van der Waals surface area contributed by atoms with E-state index in [4.69, 9.17) is 0 Å². The van der Waals surface area contributed by atoms with E-state index >= 15 is 0 Å². The molecule has 0 N–H and O–H groups in total. The maximum absolute atomic E-state index is 11.5. The standard InChI is InChI=1S/C17H17N3O2/c1-12-3-5-13(6-4-12)7-9-20-10-8-14-16(20)18-11-15(19-14)17(21)22-2/h3-6,8,10-11H,7,9H2,1-2H3. The molecule has 2 aromatic heterocycles. The summed E-state index contributed by atoms with van der Waals surface area (Å²) in [6.45, 7) is 2.90. The lowest BCUT2D eigenvalue weighted by Crippen LogP contribution is -2.06. The van der Waals surface area contributed by atoms with Crippen molar-refractivity contribution >= 4 is 17.1 Å². The first-order valence-corrected chi connectivity index (χ1v) is 7.13. The summed E-state index contributed by atoms with van der Waals surface area (Å²) in [6, 6.07) is 10.4. The van der Waals surface area contributed by atoms with Gasteiger partial charge in [0.05, 0.1) is 13.3 Å². The number of hydrogen-bond acceptors (Lipinski definition) is 4. The number of ether oxygens (including phenoxy) is 1. The second kappa shape index (κ2) is 5.97. The molecule has 0 saturated carbocycles. The molecule has 2 heterocycles. The molecular weight excluding hydrogens is 278 g/mol. The van der Waals surface area contributed by atoms with Crippen molar-refractivity contribution in [1.29, 1.82) is 0 Å². The van der Waals surface area contributed by atoms with Crippen molar-refractivity contribution < 1.29 is 9.53 Å². The Balaban J connectivity index is 1.79. The summed E-state index contributed by atoms with van der Waals surface area (Å²) in [5.74, 6) is -0.471. The van der Waals surface area contributed by atoms with Crippen LogP contribution in [0.25, 0.3) is 11.2 Å². The van der Waals surface area contributed by atoms with E-state index in [1.54, 1.807) is 0 Å². The van der Waals surface area contributed by atoms with Gasteiger partial charge in [-0.25, -0.2) is 14.8 Å². The maximum Gasteiger partial charge on any atom is 0.358 e. The van der Waals surface area contributed by atoms with Crippen LogP contribution in [-0.2, 0) is 17.7 Å². The van der Waals surface area contributed by atoms with Crippen molar-refractivity contribution in [3.05, 3.63) is 59.5 Å². The SMILES string of the molecule is COC(=O)c1cnc2c(ccn2CCc2ccc(C)cc2)n1. The van der Waals surface area contributed by atoms with Crippen molar-refractivity contribution in [2.24, 2.45) is 0 Å². The normalized spacial score (nSPS) is 10.8. The molecule has 112 valence electrons. The summed E-state index contributed by atoms with van der Waals surface area (Å²) in [4.78, 5) is 20.1. The third kappa shape index (κ3) is 2.83. The third-order valence-electron chi connectivity index (χ3n) is 3.62. The average molecular weight is 295 g/mol. The minimum Gasteiger partial charge on any atom is -0.464 e. The average Bonchev–Trinajstić information content (AvgIpc) is 2.96. The van der Waals surface area contributed by atoms with Crippen LogP contribution in [0.1, 0.15) is 21.6 Å². The first-order valence-electron chi connectivity index (χ1n) is 7.13. The highest BCUT2D eigenvalue weighted by atomic mass is 16.5. The highest BCUT2D eigenvalue weighted by Crippen LogP contribution is 2.13. The zero-order chi connectivity index (χ0) is 15.5. The van der Waals surface area contributed by atoms with Gasteiger partial charge in [0, 0.05) is 12.7 Å². The minimum atomic E-state index is -0.471. The van der Waals surface area contributed by atoms with Gasteiger partial charge in [-0.2, -0.15) is 0 Å². The predicted molar refractivity (Wildman–Crippen MR) is 83.8 cm³/mol. The molecular formula is C17H17N3O2. The van der Waals surface area contributed by atoms with Gasteiger partial charge in [0.2, 0.25) is 0 Å². The van der Waals surface area contributed by atoms with Crippen molar-refractivity contribution in [2.75, 3.05) is 7.11 Å². The quantitative estimate of drug-likeness (QED) is 0.694. The Morgan fingerprint density at radius 2 is 2.00 bits per heavy atom. The van der Waals surface area contributed by atoms with Crippen LogP contribution in [0.15, 0.2) is 42.7 Å². The molecule has 0 unspecified atom stereocenters. The fourth-order valence-electron chi connectivity index (χ4n) is 2.35. The molecule has 0 aliphatic carbocycles. The highest BCUT2D eigenvalue weighted by Gasteiger charge is 2.11. The molecule has 0 fully saturated rings. The van der Waals surface area contributed by atoms with Crippen molar-refractivity contribution in [3.8, 4) is 0 Å². The number of aromatic nitrogens is 3. The second-order valence-electron chi connectivity index (χ2n) is 5.20. The molecule has 0 aliphatic heterocycles. The van der Waals surface area contributed by atoms with Gasteiger partial charge in [-0.1, -0.05) is 29.8 Å². The molecule has 0 aliphatic rings. The van der Waals surface area contributed by atoms with Crippen LogP contribution in [0.3, 0.4) is 0 Å². The minimum absolute atomic E-state index is 0.228. The molecule has 0 spiro atoms. The zero-order valence-corrected chi connectivity index (χ0v) is 12.6. The molecule has 22 heavy (non-hydrogen) atoms. The molecule has 1 aromatic carbocycles. The lowest BCUT2D eigenvalue weighted by Gasteiger charge is -2.05. The van der Waals surface area contributed by atoms with E-state index in [1.807, 2.05) is 16.8 Å². The van der Waals surface area contributed by atoms with Crippen molar-refractivity contribution in [2.45, 2.75) is 19.9 Å². The molecule has 5 heteroatoms. The van der Waals surface area contributed by atoms with Gasteiger partial charge in [-0.15, -0.1) is 0 Å². The monoisotopic (exact) mass is 295 g/mol. The van der Waals surface area contributed by atoms with E-state index in [0.29, 0.717) is 5.52 Å². The van der Waals surface area contributed by atoms with Crippen LogP contribution in [0.2, 0.25) is 0 Å². The Labute approximate surface area is 128 Å². The number of carbonyl (C=O) groups excluding carboxylic acids is 1. The molecule has 0 radical (unpaired) electrons. The highest BCUT2D eigenvalue weighted by molar-refractivity contribution is 5.88. The lowest BCUT2D eigenvalue weighted by atomic mass is 10.1. The summed E-state index contributed by atoms with van der Waals surface area (Å²) in [7, 11) is 1.33. The number of carbonyl (C=O) groups is 1. The first-order chi connectivity index (χ1) is 10.7. The van der Waals surface area contributed by atoms with Gasteiger partial charge in [0.1, 0.15) is 5.52 Å². The van der Waals surface area contributed by atoms with E-state index < -0.39 is 5.97 Å². The van der Waals surface area contributed by atoms with Gasteiger partial charge in [0.25, 0.3) is 0 Å². The Kier molecular flexibility index (Phi) is 3.87. The predicted octanol–water partition coefficient (Wildman–Crippen LogP) is 2.77. The first kappa shape index (κ1) is 14.3. The molecule has 3 rings (SSSR count). The maximum atomic E-state index is 11.5. The Hall–Kier alpha value is -2.69. The van der Waals surface area contributed by atoms with E-state index in [9.17, 15) is 4.79 Å². The third-order valence-corrected chi connectivity index (χ3v) is 3.62. The number of nitrogens with zero attached hydrogens (tertiary/aromatic N) is 3. The van der Waals surface area contributed by atoms with E-state index in [1.165, 1.54) is 24.4 Å². The van der Waals surface area contributed by atoms with Gasteiger partial charge in [-0.05, 0) is 25.0 Å². The lowest BCUT2D eigenvalue weighted by molar-refractivity contribution is 0.0594. The number of esters is 1. The molecule has 0 saturated heterocycles. The Morgan fingerprint density at radius 3 is 2.73 bits per heavy atom. The molecule has 0 bridgehead atoms. The molecule has 0 atom stereocenters. The zero-order valence-electron chi connectivity index (χ0n) is 12.6. The number of benzene rings is 1. The van der Waals surface area contributed by atoms with Gasteiger partial charge < -0.3 is 9.30 Å². The summed E-state index contributed by atoms with van der Waals surface area (Å²) < 4.78 is 6.70. The van der Waals surface area contributed by atoms with Crippen LogP contribution >= 0.6 is 0 Å². The summed E-state index contributed by atoms with van der Waals surface area (Å²) >= 11 is 0. The Bertz CT molecular complexity index is 806. The molecule has 0 amide bonds. The smallest absolute Gasteiger partial charge is 0.358 e. The summed E-state index contributed by atoms with van der Waals surface area (Å²) in [5.41, 5.74) is 4.25. The van der Waals surface area contributed by atoms with Gasteiger partial charge in [0.15, 0.2) is 11.3 Å². The summed E-state index contributed by atoms with van der Waals surface area (Å²) in [6.07, 6.45) is 4.32. The number of rotatable bonds is 4. The summed E-state index contributed by atoms with van der Waals surface area (Å²) in [5, 5.41) is 0. The van der Waals surface area contributed by atoms with Crippen molar-refractivity contribution in [3.63, 3.8) is 0 Å². The van der Waals surface area contributed by atoms with Crippen LogP contribution in [0.4, 0.5) is 0 Å². The second-order valence-corrected chi connectivity index (χ2v) is 5.20. The van der Waals surface area contributed by atoms with Gasteiger partial charge >= 0.3 is 5.97 Å².